The molecule has 0 saturated carbocycles. The highest BCUT2D eigenvalue weighted by molar-refractivity contribution is 9.10. The van der Waals surface area contributed by atoms with Crippen molar-refractivity contribution in [2.75, 3.05) is 7.05 Å². The SMILES string of the molecule is CNC(Cc1ccc(Br)cc1)c1snnc1C. The van der Waals surface area contributed by atoms with Crippen LogP contribution in [0.2, 0.25) is 0 Å². The Morgan fingerprint density at radius 2 is 2.06 bits per heavy atom. The van der Waals surface area contributed by atoms with Crippen LogP contribution in [-0.4, -0.2) is 16.6 Å². The third-order valence-corrected chi connectivity index (χ3v) is 4.17. The third-order valence-electron chi connectivity index (χ3n) is 2.70. The first-order chi connectivity index (χ1) is 8.20. The van der Waals surface area contributed by atoms with Gasteiger partial charge < -0.3 is 5.32 Å². The molecular formula is C12H14BrN3S. The van der Waals surface area contributed by atoms with Gasteiger partial charge in [0.2, 0.25) is 0 Å². The zero-order valence-electron chi connectivity index (χ0n) is 9.77. The first-order valence-electron chi connectivity index (χ1n) is 5.41. The summed E-state index contributed by atoms with van der Waals surface area (Å²) in [4.78, 5) is 1.22. The molecule has 17 heavy (non-hydrogen) atoms. The van der Waals surface area contributed by atoms with Gasteiger partial charge in [-0.25, -0.2) is 0 Å². The van der Waals surface area contributed by atoms with Gasteiger partial charge in [0.1, 0.15) is 0 Å². The molecule has 1 N–H and O–H groups in total. The normalized spacial score (nSPS) is 12.6. The minimum absolute atomic E-state index is 0.288. The summed E-state index contributed by atoms with van der Waals surface area (Å²) in [5.41, 5.74) is 2.33. The van der Waals surface area contributed by atoms with E-state index < -0.39 is 0 Å². The van der Waals surface area contributed by atoms with Gasteiger partial charge >= 0.3 is 0 Å². The quantitative estimate of drug-likeness (QED) is 0.942. The molecule has 1 heterocycles. The summed E-state index contributed by atoms with van der Waals surface area (Å²) in [6.07, 6.45) is 0.953. The summed E-state index contributed by atoms with van der Waals surface area (Å²) < 4.78 is 5.10. The van der Waals surface area contributed by atoms with Crippen LogP contribution in [0.1, 0.15) is 22.2 Å². The standard InChI is InChI=1S/C12H14BrN3S/c1-8-12(17-16-15-8)11(14-2)7-9-3-5-10(13)6-4-9/h3-6,11,14H,7H2,1-2H3. The lowest BCUT2D eigenvalue weighted by Crippen LogP contribution is -2.18. The zero-order valence-corrected chi connectivity index (χ0v) is 12.2. The number of hydrogen-bond acceptors (Lipinski definition) is 4. The van der Waals surface area contributed by atoms with Crippen molar-refractivity contribution >= 4 is 27.5 Å². The molecule has 0 aliphatic heterocycles. The molecule has 1 aromatic carbocycles. The topological polar surface area (TPSA) is 37.8 Å². The molecule has 0 aliphatic rings. The zero-order chi connectivity index (χ0) is 12.3. The number of halogens is 1. The van der Waals surface area contributed by atoms with Gasteiger partial charge in [-0.15, -0.1) is 5.10 Å². The summed E-state index contributed by atoms with van der Waals surface area (Å²) >= 11 is 4.92. The number of aromatic nitrogens is 2. The fourth-order valence-corrected chi connectivity index (χ4v) is 2.76. The monoisotopic (exact) mass is 311 g/mol. The van der Waals surface area contributed by atoms with Crippen molar-refractivity contribution in [2.45, 2.75) is 19.4 Å². The lowest BCUT2D eigenvalue weighted by molar-refractivity contribution is 0.597. The molecule has 1 unspecified atom stereocenters. The van der Waals surface area contributed by atoms with Crippen LogP contribution in [0.5, 0.6) is 0 Å². The lowest BCUT2D eigenvalue weighted by Gasteiger charge is -2.14. The second-order valence-corrected chi connectivity index (χ2v) is 5.60. The number of likely N-dealkylation sites (N-methyl/N-ethyl adjacent to an activating group) is 1. The van der Waals surface area contributed by atoms with Crippen LogP contribution in [0.3, 0.4) is 0 Å². The van der Waals surface area contributed by atoms with E-state index in [1.54, 1.807) is 0 Å². The maximum Gasteiger partial charge on any atom is 0.0772 e. The second kappa shape index (κ2) is 5.71. The first-order valence-corrected chi connectivity index (χ1v) is 6.98. The molecule has 0 fully saturated rings. The number of hydrogen-bond donors (Lipinski definition) is 1. The highest BCUT2D eigenvalue weighted by atomic mass is 79.9. The van der Waals surface area contributed by atoms with Gasteiger partial charge in [-0.05, 0) is 49.6 Å². The fraction of sp³-hybridized carbons (Fsp3) is 0.333. The number of benzene rings is 1. The molecule has 2 aromatic rings. The Labute approximate surface area is 114 Å². The molecule has 0 saturated heterocycles. The van der Waals surface area contributed by atoms with E-state index in [1.165, 1.54) is 22.0 Å². The first kappa shape index (κ1) is 12.7. The minimum atomic E-state index is 0.288. The van der Waals surface area contributed by atoms with Crippen LogP contribution in [0.15, 0.2) is 28.7 Å². The summed E-state index contributed by atoms with van der Waals surface area (Å²) in [6.45, 7) is 2.00. The predicted molar refractivity (Wildman–Crippen MR) is 74.3 cm³/mol. The van der Waals surface area contributed by atoms with E-state index in [4.69, 9.17) is 0 Å². The van der Waals surface area contributed by atoms with Gasteiger partial charge in [-0.1, -0.05) is 32.6 Å². The van der Waals surface area contributed by atoms with E-state index in [9.17, 15) is 0 Å². The van der Waals surface area contributed by atoms with Crippen LogP contribution >= 0.6 is 27.5 Å². The lowest BCUT2D eigenvalue weighted by atomic mass is 10.0. The van der Waals surface area contributed by atoms with Crippen molar-refractivity contribution in [3.05, 3.63) is 44.9 Å². The van der Waals surface area contributed by atoms with E-state index in [1.807, 2.05) is 14.0 Å². The van der Waals surface area contributed by atoms with Gasteiger partial charge in [0.15, 0.2) is 0 Å². The molecule has 0 radical (unpaired) electrons. The average molecular weight is 312 g/mol. The van der Waals surface area contributed by atoms with Crippen molar-refractivity contribution in [1.82, 2.24) is 14.9 Å². The van der Waals surface area contributed by atoms with Crippen LogP contribution in [0, 0.1) is 6.92 Å². The maximum absolute atomic E-state index is 4.06. The Morgan fingerprint density at radius 1 is 1.35 bits per heavy atom. The van der Waals surface area contributed by atoms with Gasteiger partial charge in [0, 0.05) is 10.5 Å². The Bertz CT molecular complexity index is 481. The fourth-order valence-electron chi connectivity index (χ4n) is 1.74. The summed E-state index contributed by atoms with van der Waals surface area (Å²) in [7, 11) is 1.97. The molecular weight excluding hydrogens is 298 g/mol. The van der Waals surface area contributed by atoms with Crippen LogP contribution < -0.4 is 5.32 Å². The second-order valence-electron chi connectivity index (χ2n) is 3.89. The van der Waals surface area contributed by atoms with Crippen molar-refractivity contribution in [2.24, 2.45) is 0 Å². The van der Waals surface area contributed by atoms with E-state index in [0.29, 0.717) is 0 Å². The Hall–Kier alpha value is -0.780. The maximum atomic E-state index is 4.06. The predicted octanol–water partition coefficient (Wildman–Crippen LogP) is 3.11. The molecule has 0 bridgehead atoms. The van der Waals surface area contributed by atoms with Crippen molar-refractivity contribution in [1.29, 1.82) is 0 Å². The number of rotatable bonds is 4. The highest BCUT2D eigenvalue weighted by Gasteiger charge is 2.15. The van der Waals surface area contributed by atoms with Gasteiger partial charge in [-0.3, -0.25) is 0 Å². The van der Waals surface area contributed by atoms with E-state index in [-0.39, 0.29) is 6.04 Å². The summed E-state index contributed by atoms with van der Waals surface area (Å²) in [5, 5.41) is 7.39. The van der Waals surface area contributed by atoms with Crippen LogP contribution in [0.4, 0.5) is 0 Å². The average Bonchev–Trinajstić information content (AvgIpc) is 2.75. The van der Waals surface area contributed by atoms with E-state index >= 15 is 0 Å². The van der Waals surface area contributed by atoms with Gasteiger partial charge in [0.25, 0.3) is 0 Å². The molecule has 2 rings (SSSR count). The summed E-state index contributed by atoms with van der Waals surface area (Å²) in [5.74, 6) is 0. The highest BCUT2D eigenvalue weighted by Crippen LogP contribution is 2.23. The number of nitrogens with zero attached hydrogens (tertiary/aromatic N) is 2. The van der Waals surface area contributed by atoms with Crippen molar-refractivity contribution in [3.8, 4) is 0 Å². The minimum Gasteiger partial charge on any atom is -0.312 e. The molecule has 1 atom stereocenters. The van der Waals surface area contributed by atoms with Gasteiger partial charge in [0.05, 0.1) is 10.6 Å². The van der Waals surface area contributed by atoms with Crippen LogP contribution in [-0.2, 0) is 6.42 Å². The molecule has 90 valence electrons. The molecule has 0 amide bonds. The Balaban J connectivity index is 2.16. The summed E-state index contributed by atoms with van der Waals surface area (Å²) in [6, 6.07) is 8.70. The Kier molecular flexibility index (Phi) is 4.25. The smallest absolute Gasteiger partial charge is 0.0772 e. The van der Waals surface area contributed by atoms with Gasteiger partial charge in [-0.2, -0.15) is 0 Å². The Morgan fingerprint density at radius 3 is 2.59 bits per heavy atom. The number of nitrogens with one attached hydrogen (secondary N) is 1. The number of aryl methyl sites for hydroxylation is 1. The van der Waals surface area contributed by atoms with E-state index in [0.717, 1.165) is 16.6 Å². The third kappa shape index (κ3) is 3.12. The molecule has 3 nitrogen and oxygen atoms in total. The molecule has 0 spiro atoms. The van der Waals surface area contributed by atoms with E-state index in [2.05, 4.69) is 55.1 Å². The van der Waals surface area contributed by atoms with Crippen molar-refractivity contribution in [3.63, 3.8) is 0 Å². The van der Waals surface area contributed by atoms with Crippen molar-refractivity contribution < 1.29 is 0 Å². The molecule has 5 heteroatoms. The molecule has 0 aliphatic carbocycles. The van der Waals surface area contributed by atoms with Crippen LogP contribution in [0.25, 0.3) is 0 Å². The largest absolute Gasteiger partial charge is 0.312 e. The molecule has 1 aromatic heterocycles.